The van der Waals surface area contributed by atoms with Crippen molar-refractivity contribution in [3.63, 3.8) is 0 Å². The monoisotopic (exact) mass is 142 g/mol. The van der Waals surface area contributed by atoms with Crippen LogP contribution in [0.1, 0.15) is 32.6 Å². The van der Waals surface area contributed by atoms with Gasteiger partial charge in [-0.1, -0.05) is 6.92 Å². The summed E-state index contributed by atoms with van der Waals surface area (Å²) in [7, 11) is 0. The van der Waals surface area contributed by atoms with E-state index in [0.717, 1.165) is 19.4 Å². The molecule has 1 heterocycles. The van der Waals surface area contributed by atoms with Crippen molar-refractivity contribution in [1.82, 2.24) is 0 Å². The molecule has 0 saturated carbocycles. The lowest BCUT2D eigenvalue weighted by atomic mass is 10.1. The van der Waals surface area contributed by atoms with Gasteiger partial charge in [0.1, 0.15) is 5.78 Å². The van der Waals surface area contributed by atoms with Gasteiger partial charge in [0.15, 0.2) is 0 Å². The number of rotatable bonds is 3. The number of ketones is 1. The van der Waals surface area contributed by atoms with Crippen molar-refractivity contribution in [2.75, 3.05) is 6.61 Å². The summed E-state index contributed by atoms with van der Waals surface area (Å²) < 4.78 is 5.30. The Bertz CT molecular complexity index is 114. The van der Waals surface area contributed by atoms with Crippen molar-refractivity contribution in [3.8, 4) is 0 Å². The minimum absolute atomic E-state index is 0.243. The van der Waals surface area contributed by atoms with Gasteiger partial charge in [-0.05, 0) is 12.8 Å². The maximum atomic E-state index is 10.9. The second kappa shape index (κ2) is 3.71. The molecular formula is C8H14O2. The Balaban J connectivity index is 2.17. The van der Waals surface area contributed by atoms with Gasteiger partial charge in [0.25, 0.3) is 0 Å². The number of hydrogen-bond donors (Lipinski definition) is 0. The van der Waals surface area contributed by atoms with Gasteiger partial charge in [0, 0.05) is 19.4 Å². The van der Waals surface area contributed by atoms with E-state index in [4.69, 9.17) is 4.74 Å². The predicted octanol–water partition coefficient (Wildman–Crippen LogP) is 1.53. The van der Waals surface area contributed by atoms with Crippen molar-refractivity contribution >= 4 is 5.78 Å². The van der Waals surface area contributed by atoms with Gasteiger partial charge in [-0.2, -0.15) is 0 Å². The summed E-state index contributed by atoms with van der Waals surface area (Å²) >= 11 is 0. The van der Waals surface area contributed by atoms with E-state index in [-0.39, 0.29) is 6.10 Å². The number of hydrogen-bond acceptors (Lipinski definition) is 2. The predicted molar refractivity (Wildman–Crippen MR) is 38.9 cm³/mol. The van der Waals surface area contributed by atoms with E-state index in [1.54, 1.807) is 0 Å². The molecule has 0 aromatic rings. The first-order valence-corrected chi connectivity index (χ1v) is 3.96. The average Bonchev–Trinajstić information content (AvgIpc) is 2.40. The third-order valence-electron chi connectivity index (χ3n) is 1.87. The smallest absolute Gasteiger partial charge is 0.135 e. The molecule has 2 heteroatoms. The van der Waals surface area contributed by atoms with Crippen molar-refractivity contribution in [1.29, 1.82) is 0 Å². The molecule has 0 bridgehead atoms. The molecule has 0 unspecified atom stereocenters. The molecule has 1 aliphatic heterocycles. The molecule has 0 amide bonds. The zero-order valence-electron chi connectivity index (χ0n) is 6.43. The van der Waals surface area contributed by atoms with E-state index in [1.807, 2.05) is 6.92 Å². The first-order valence-electron chi connectivity index (χ1n) is 3.96. The van der Waals surface area contributed by atoms with Crippen molar-refractivity contribution in [2.24, 2.45) is 0 Å². The molecule has 0 aromatic carbocycles. The van der Waals surface area contributed by atoms with Gasteiger partial charge in [0.2, 0.25) is 0 Å². The number of carbonyl (C=O) groups excluding carboxylic acids is 1. The highest BCUT2D eigenvalue weighted by Crippen LogP contribution is 2.15. The standard InChI is InChI=1S/C8H14O2/c1-2-7(9)6-8-4-3-5-10-8/h8H,2-6H2,1H3/t8-/m0/s1. The quantitative estimate of drug-likeness (QED) is 0.597. The van der Waals surface area contributed by atoms with Crippen LogP contribution in [0.3, 0.4) is 0 Å². The van der Waals surface area contributed by atoms with E-state index < -0.39 is 0 Å². The largest absolute Gasteiger partial charge is 0.378 e. The van der Waals surface area contributed by atoms with E-state index in [9.17, 15) is 4.79 Å². The molecule has 2 nitrogen and oxygen atoms in total. The second-order valence-electron chi connectivity index (χ2n) is 2.73. The van der Waals surface area contributed by atoms with Gasteiger partial charge in [0.05, 0.1) is 6.10 Å². The summed E-state index contributed by atoms with van der Waals surface area (Å²) in [4.78, 5) is 10.9. The lowest BCUT2D eigenvalue weighted by Gasteiger charge is -2.05. The van der Waals surface area contributed by atoms with Crippen LogP contribution in [0, 0.1) is 0 Å². The van der Waals surface area contributed by atoms with E-state index in [1.165, 1.54) is 0 Å². The summed E-state index contributed by atoms with van der Waals surface area (Å²) in [6, 6.07) is 0. The molecule has 0 radical (unpaired) electrons. The number of carbonyl (C=O) groups is 1. The second-order valence-corrected chi connectivity index (χ2v) is 2.73. The van der Waals surface area contributed by atoms with Gasteiger partial charge in [-0.25, -0.2) is 0 Å². The molecule has 1 atom stereocenters. The molecule has 1 saturated heterocycles. The van der Waals surface area contributed by atoms with Crippen LogP contribution in [0.4, 0.5) is 0 Å². The van der Waals surface area contributed by atoms with E-state index in [2.05, 4.69) is 0 Å². The minimum atomic E-state index is 0.243. The van der Waals surface area contributed by atoms with Crippen molar-refractivity contribution < 1.29 is 9.53 Å². The van der Waals surface area contributed by atoms with Crippen LogP contribution in [0.25, 0.3) is 0 Å². The fraction of sp³-hybridized carbons (Fsp3) is 0.875. The molecule has 1 fully saturated rings. The summed E-state index contributed by atoms with van der Waals surface area (Å²) in [5, 5.41) is 0. The molecule has 0 aliphatic carbocycles. The minimum Gasteiger partial charge on any atom is -0.378 e. The molecular weight excluding hydrogens is 128 g/mol. The van der Waals surface area contributed by atoms with Gasteiger partial charge in [-0.3, -0.25) is 4.79 Å². The molecule has 0 N–H and O–H groups in total. The Morgan fingerprint density at radius 2 is 2.50 bits per heavy atom. The lowest BCUT2D eigenvalue weighted by Crippen LogP contribution is -2.11. The van der Waals surface area contributed by atoms with Crippen molar-refractivity contribution in [3.05, 3.63) is 0 Å². The molecule has 1 rings (SSSR count). The van der Waals surface area contributed by atoms with Crippen LogP contribution in [0.2, 0.25) is 0 Å². The van der Waals surface area contributed by atoms with Crippen LogP contribution in [0.15, 0.2) is 0 Å². The first-order chi connectivity index (χ1) is 4.83. The van der Waals surface area contributed by atoms with Gasteiger partial charge < -0.3 is 4.74 Å². The Morgan fingerprint density at radius 1 is 1.70 bits per heavy atom. The Hall–Kier alpha value is -0.370. The normalized spacial score (nSPS) is 25.1. The highest BCUT2D eigenvalue weighted by Gasteiger charge is 2.17. The van der Waals surface area contributed by atoms with Gasteiger partial charge in [-0.15, -0.1) is 0 Å². The Morgan fingerprint density at radius 3 is 3.00 bits per heavy atom. The average molecular weight is 142 g/mol. The van der Waals surface area contributed by atoms with Crippen molar-refractivity contribution in [2.45, 2.75) is 38.7 Å². The molecule has 1 aliphatic rings. The molecule has 0 aromatic heterocycles. The van der Waals surface area contributed by atoms with E-state index >= 15 is 0 Å². The SMILES string of the molecule is CCC(=O)C[C@@H]1CCCO1. The highest BCUT2D eigenvalue weighted by atomic mass is 16.5. The topological polar surface area (TPSA) is 26.3 Å². The number of ether oxygens (including phenoxy) is 1. The summed E-state index contributed by atoms with van der Waals surface area (Å²) in [6.45, 7) is 2.75. The maximum absolute atomic E-state index is 10.9. The lowest BCUT2D eigenvalue weighted by molar-refractivity contribution is -0.120. The highest BCUT2D eigenvalue weighted by molar-refractivity contribution is 5.78. The first kappa shape index (κ1) is 7.73. The van der Waals surface area contributed by atoms with Crippen LogP contribution in [-0.4, -0.2) is 18.5 Å². The Kier molecular flexibility index (Phi) is 2.87. The molecule has 58 valence electrons. The fourth-order valence-corrected chi connectivity index (χ4v) is 1.20. The molecule has 0 spiro atoms. The van der Waals surface area contributed by atoms with Crippen LogP contribution >= 0.6 is 0 Å². The third-order valence-corrected chi connectivity index (χ3v) is 1.87. The number of Topliss-reactive ketones (excluding diaryl/α,β-unsaturated/α-hetero) is 1. The molecule has 10 heavy (non-hydrogen) atoms. The fourth-order valence-electron chi connectivity index (χ4n) is 1.20. The summed E-state index contributed by atoms with van der Waals surface area (Å²) in [6.07, 6.45) is 3.73. The zero-order chi connectivity index (χ0) is 7.40. The van der Waals surface area contributed by atoms with Crippen LogP contribution in [0.5, 0.6) is 0 Å². The zero-order valence-corrected chi connectivity index (χ0v) is 6.43. The third kappa shape index (κ3) is 2.10. The van der Waals surface area contributed by atoms with Gasteiger partial charge >= 0.3 is 0 Å². The Labute approximate surface area is 61.6 Å². The van der Waals surface area contributed by atoms with Crippen LogP contribution in [-0.2, 0) is 9.53 Å². The summed E-state index contributed by atoms with van der Waals surface area (Å²) in [5.74, 6) is 0.326. The van der Waals surface area contributed by atoms with Crippen LogP contribution < -0.4 is 0 Å². The maximum Gasteiger partial charge on any atom is 0.135 e. The summed E-state index contributed by atoms with van der Waals surface area (Å²) in [5.41, 5.74) is 0. The van der Waals surface area contributed by atoms with E-state index in [0.29, 0.717) is 18.6 Å².